The van der Waals surface area contributed by atoms with Crippen LogP contribution in [0.3, 0.4) is 0 Å². The van der Waals surface area contributed by atoms with Gasteiger partial charge in [0.25, 0.3) is 0 Å². The van der Waals surface area contributed by atoms with Crippen LogP contribution in [0.15, 0.2) is 0 Å². The van der Waals surface area contributed by atoms with Gasteiger partial charge < -0.3 is 20.9 Å². The molecule has 0 radical (unpaired) electrons. The van der Waals surface area contributed by atoms with Crippen molar-refractivity contribution in [2.24, 2.45) is 5.73 Å². The number of nitrogens with two attached hydrogens (primary N) is 1. The van der Waals surface area contributed by atoms with E-state index in [1.807, 2.05) is 0 Å². The first-order chi connectivity index (χ1) is 9.22. The van der Waals surface area contributed by atoms with E-state index < -0.39 is 0 Å². The lowest BCUT2D eigenvalue weighted by Gasteiger charge is -2.37. The number of urea groups is 1. The fourth-order valence-electron chi connectivity index (χ4n) is 3.47. The minimum atomic E-state index is -0.267. The normalized spacial score (nSPS) is 27.7. The Bertz CT molecular complexity index is 315. The van der Waals surface area contributed by atoms with Crippen molar-refractivity contribution >= 4 is 6.03 Å². The summed E-state index contributed by atoms with van der Waals surface area (Å²) in [6.45, 7) is 4.16. The molecule has 2 heterocycles. The fourth-order valence-corrected chi connectivity index (χ4v) is 3.47. The lowest BCUT2D eigenvalue weighted by molar-refractivity contribution is 0.159. The molecule has 1 saturated carbocycles. The Labute approximate surface area is 115 Å². The highest BCUT2D eigenvalue weighted by molar-refractivity contribution is 5.72. The average molecular weight is 266 g/mol. The molecule has 1 aliphatic carbocycles. The van der Waals surface area contributed by atoms with Gasteiger partial charge in [0.05, 0.1) is 0 Å². The van der Waals surface area contributed by atoms with Gasteiger partial charge >= 0.3 is 6.03 Å². The van der Waals surface area contributed by atoms with Gasteiger partial charge in [-0.15, -0.1) is 0 Å². The number of piperidine rings is 2. The van der Waals surface area contributed by atoms with Crippen molar-refractivity contribution in [1.82, 2.24) is 15.1 Å². The monoisotopic (exact) mass is 266 g/mol. The van der Waals surface area contributed by atoms with Crippen molar-refractivity contribution in [1.29, 1.82) is 0 Å². The van der Waals surface area contributed by atoms with Gasteiger partial charge in [-0.25, -0.2) is 4.79 Å². The molecule has 0 atom stereocenters. The van der Waals surface area contributed by atoms with Crippen molar-refractivity contribution in [3.05, 3.63) is 0 Å². The molecule has 0 aromatic carbocycles. The van der Waals surface area contributed by atoms with E-state index in [-0.39, 0.29) is 6.03 Å². The fraction of sp³-hybridized carbons (Fsp3) is 0.929. The Morgan fingerprint density at radius 1 is 0.895 bits per heavy atom. The highest BCUT2D eigenvalue weighted by Gasteiger charge is 2.32. The second kappa shape index (κ2) is 5.67. The zero-order chi connectivity index (χ0) is 13.2. The number of likely N-dealkylation sites (tertiary alicyclic amines) is 2. The van der Waals surface area contributed by atoms with Gasteiger partial charge in [-0.1, -0.05) is 0 Å². The summed E-state index contributed by atoms with van der Waals surface area (Å²) >= 11 is 0. The van der Waals surface area contributed by atoms with Crippen LogP contribution >= 0.6 is 0 Å². The standard InChI is InChI=1S/C14H26N4O/c15-14(19)18-9-5-12(6-10-18)16-11-3-7-17(8-4-11)13-1-2-13/h11-13,16H,1-10H2,(H2,15,19). The molecule has 5 heteroatoms. The van der Waals surface area contributed by atoms with Crippen LogP contribution < -0.4 is 11.1 Å². The molecule has 0 bridgehead atoms. The van der Waals surface area contributed by atoms with Crippen LogP contribution in [-0.4, -0.2) is 60.1 Å². The number of hydrogen-bond acceptors (Lipinski definition) is 3. The molecule has 3 aliphatic rings. The highest BCUT2D eigenvalue weighted by Crippen LogP contribution is 2.29. The molecule has 0 spiro atoms. The van der Waals surface area contributed by atoms with Gasteiger partial charge in [-0.2, -0.15) is 0 Å². The summed E-state index contributed by atoms with van der Waals surface area (Å²) in [5.74, 6) is 0. The van der Waals surface area contributed by atoms with E-state index in [4.69, 9.17) is 5.73 Å². The topological polar surface area (TPSA) is 61.6 Å². The van der Waals surface area contributed by atoms with E-state index in [1.54, 1.807) is 4.90 Å². The SMILES string of the molecule is NC(=O)N1CCC(NC2CCN(C3CC3)CC2)CC1. The van der Waals surface area contributed by atoms with Gasteiger partial charge in [0.2, 0.25) is 0 Å². The maximum Gasteiger partial charge on any atom is 0.314 e. The maximum atomic E-state index is 11.1. The number of amides is 2. The third-order valence-corrected chi connectivity index (χ3v) is 4.87. The predicted molar refractivity (Wildman–Crippen MR) is 74.9 cm³/mol. The van der Waals surface area contributed by atoms with Gasteiger partial charge in [0.15, 0.2) is 0 Å². The number of nitrogens with zero attached hydrogens (tertiary/aromatic N) is 2. The van der Waals surface area contributed by atoms with E-state index in [2.05, 4.69) is 10.2 Å². The summed E-state index contributed by atoms with van der Waals surface area (Å²) in [5.41, 5.74) is 5.31. The molecule has 0 aromatic rings. The van der Waals surface area contributed by atoms with Crippen LogP contribution in [0.2, 0.25) is 0 Å². The van der Waals surface area contributed by atoms with Gasteiger partial charge in [-0.3, -0.25) is 0 Å². The van der Waals surface area contributed by atoms with E-state index in [0.29, 0.717) is 12.1 Å². The molecule has 108 valence electrons. The summed E-state index contributed by atoms with van der Waals surface area (Å²) in [4.78, 5) is 15.5. The highest BCUT2D eigenvalue weighted by atomic mass is 16.2. The quantitative estimate of drug-likeness (QED) is 0.792. The Hall–Kier alpha value is -0.810. The molecule has 2 aliphatic heterocycles. The lowest BCUT2D eigenvalue weighted by atomic mass is 9.99. The number of nitrogens with one attached hydrogen (secondary N) is 1. The van der Waals surface area contributed by atoms with Crippen LogP contribution in [0.4, 0.5) is 4.79 Å². The van der Waals surface area contributed by atoms with Crippen molar-refractivity contribution in [3.8, 4) is 0 Å². The van der Waals surface area contributed by atoms with Crippen LogP contribution in [0.5, 0.6) is 0 Å². The molecule has 3 fully saturated rings. The second-order valence-electron chi connectivity index (χ2n) is 6.31. The minimum absolute atomic E-state index is 0.267. The predicted octanol–water partition coefficient (Wildman–Crippen LogP) is 0.746. The zero-order valence-corrected chi connectivity index (χ0v) is 11.7. The number of primary amides is 1. The number of carbonyl (C=O) groups excluding carboxylic acids is 1. The molecule has 19 heavy (non-hydrogen) atoms. The summed E-state index contributed by atoms with van der Waals surface area (Å²) in [6.07, 6.45) is 7.50. The number of rotatable bonds is 3. The van der Waals surface area contributed by atoms with Crippen molar-refractivity contribution in [2.75, 3.05) is 26.2 Å². The van der Waals surface area contributed by atoms with E-state index in [1.165, 1.54) is 38.8 Å². The largest absolute Gasteiger partial charge is 0.351 e. The van der Waals surface area contributed by atoms with Gasteiger partial charge in [-0.05, 0) is 51.6 Å². The minimum Gasteiger partial charge on any atom is -0.351 e. The van der Waals surface area contributed by atoms with Crippen molar-refractivity contribution in [3.63, 3.8) is 0 Å². The Morgan fingerprint density at radius 3 is 1.89 bits per heavy atom. The van der Waals surface area contributed by atoms with Crippen LogP contribution in [0.25, 0.3) is 0 Å². The first-order valence-electron chi connectivity index (χ1n) is 7.77. The van der Waals surface area contributed by atoms with Crippen molar-refractivity contribution in [2.45, 2.75) is 56.7 Å². The second-order valence-corrected chi connectivity index (χ2v) is 6.31. The van der Waals surface area contributed by atoms with Gasteiger partial charge in [0, 0.05) is 31.2 Å². The Morgan fingerprint density at radius 2 is 1.42 bits per heavy atom. The molecule has 5 nitrogen and oxygen atoms in total. The third-order valence-electron chi connectivity index (χ3n) is 4.87. The summed E-state index contributed by atoms with van der Waals surface area (Å²) in [6, 6.07) is 1.91. The third kappa shape index (κ3) is 3.39. The maximum absolute atomic E-state index is 11.1. The van der Waals surface area contributed by atoms with E-state index in [0.717, 1.165) is 32.0 Å². The van der Waals surface area contributed by atoms with Crippen LogP contribution in [-0.2, 0) is 0 Å². The Balaban J connectivity index is 1.37. The summed E-state index contributed by atoms with van der Waals surface area (Å²) in [5, 5.41) is 3.79. The molecule has 0 aromatic heterocycles. The van der Waals surface area contributed by atoms with Crippen LogP contribution in [0.1, 0.15) is 38.5 Å². The summed E-state index contributed by atoms with van der Waals surface area (Å²) < 4.78 is 0. The van der Waals surface area contributed by atoms with E-state index in [9.17, 15) is 4.79 Å². The molecule has 3 rings (SSSR count). The molecule has 3 N–H and O–H groups in total. The molecule has 0 unspecified atom stereocenters. The average Bonchev–Trinajstić information content (AvgIpc) is 3.25. The number of hydrogen-bond donors (Lipinski definition) is 2. The van der Waals surface area contributed by atoms with E-state index >= 15 is 0 Å². The van der Waals surface area contributed by atoms with Crippen molar-refractivity contribution < 1.29 is 4.79 Å². The molecule has 2 saturated heterocycles. The molecular formula is C14H26N4O. The lowest BCUT2D eigenvalue weighted by Crippen LogP contribution is -2.51. The van der Waals surface area contributed by atoms with Crippen LogP contribution in [0, 0.1) is 0 Å². The summed E-state index contributed by atoms with van der Waals surface area (Å²) in [7, 11) is 0. The first-order valence-corrected chi connectivity index (χ1v) is 7.77. The van der Waals surface area contributed by atoms with Gasteiger partial charge in [0.1, 0.15) is 0 Å². The Kier molecular flexibility index (Phi) is 3.93. The smallest absolute Gasteiger partial charge is 0.314 e. The number of carbonyl (C=O) groups is 1. The molecular weight excluding hydrogens is 240 g/mol. The first kappa shape index (κ1) is 13.2. The molecule has 2 amide bonds. The zero-order valence-electron chi connectivity index (χ0n) is 11.7.